The fourth-order valence-electron chi connectivity index (χ4n) is 2.03. The molecule has 1 fully saturated rings. The Balaban J connectivity index is 1.81. The number of anilines is 1. The second-order valence-corrected chi connectivity index (χ2v) is 4.36. The van der Waals surface area contributed by atoms with E-state index < -0.39 is 0 Å². The van der Waals surface area contributed by atoms with Crippen molar-refractivity contribution in [3.05, 3.63) is 30.3 Å². The minimum atomic E-state index is -0.357. The average Bonchev–Trinajstić information content (AvgIpc) is 2.37. The Labute approximate surface area is 101 Å². The highest BCUT2D eigenvalue weighted by Gasteiger charge is 2.21. The van der Waals surface area contributed by atoms with Crippen LogP contribution in [0, 0.1) is 0 Å². The number of para-hydroxylation sites is 1. The zero-order chi connectivity index (χ0) is 12.1. The number of nitrogens with one attached hydrogen (secondary N) is 1. The summed E-state index contributed by atoms with van der Waals surface area (Å²) in [5, 5.41) is 12.6. The van der Waals surface area contributed by atoms with Crippen LogP contribution in [0.5, 0.6) is 0 Å². The topological polar surface area (TPSA) is 52.6 Å². The van der Waals surface area contributed by atoms with E-state index in [-0.39, 0.29) is 18.6 Å². The van der Waals surface area contributed by atoms with Crippen LogP contribution in [0.3, 0.4) is 0 Å². The van der Waals surface area contributed by atoms with E-state index in [2.05, 4.69) is 5.32 Å². The van der Waals surface area contributed by atoms with Crippen molar-refractivity contribution in [3.63, 3.8) is 0 Å². The van der Waals surface area contributed by atoms with Crippen molar-refractivity contribution < 1.29 is 9.90 Å². The summed E-state index contributed by atoms with van der Waals surface area (Å²) >= 11 is 0. The smallest absolute Gasteiger partial charge is 0.241 e. The summed E-state index contributed by atoms with van der Waals surface area (Å²) in [5.74, 6) is 0.0487. The summed E-state index contributed by atoms with van der Waals surface area (Å²) in [4.78, 5) is 13.6. The standard InChI is InChI=1S/C13H18N2O2/c16-12-7-4-8-15(10-12)13(17)9-14-11-5-2-1-3-6-11/h1-3,5-6,12,14,16H,4,7-10H2. The number of β-amino-alcohol motifs (C(OH)–C–C–N with tert-alkyl or cyclic N) is 1. The number of carbonyl (C=O) groups is 1. The minimum Gasteiger partial charge on any atom is -0.391 e. The summed E-state index contributed by atoms with van der Waals surface area (Å²) in [6, 6.07) is 9.65. The highest BCUT2D eigenvalue weighted by atomic mass is 16.3. The maximum absolute atomic E-state index is 11.9. The molecule has 1 aromatic carbocycles. The van der Waals surface area contributed by atoms with Gasteiger partial charge in [-0.1, -0.05) is 18.2 Å². The number of piperidine rings is 1. The van der Waals surface area contributed by atoms with Gasteiger partial charge in [-0.15, -0.1) is 0 Å². The van der Waals surface area contributed by atoms with Crippen molar-refractivity contribution in [2.75, 3.05) is 25.0 Å². The summed E-state index contributed by atoms with van der Waals surface area (Å²) in [7, 11) is 0. The molecule has 1 atom stereocenters. The van der Waals surface area contributed by atoms with E-state index in [4.69, 9.17) is 0 Å². The lowest BCUT2D eigenvalue weighted by Crippen LogP contribution is -2.44. The van der Waals surface area contributed by atoms with E-state index in [0.717, 1.165) is 25.1 Å². The first kappa shape index (κ1) is 11.9. The Hall–Kier alpha value is -1.55. The zero-order valence-corrected chi connectivity index (χ0v) is 9.80. The molecule has 2 rings (SSSR count). The highest BCUT2D eigenvalue weighted by Crippen LogP contribution is 2.10. The summed E-state index contributed by atoms with van der Waals surface area (Å²) in [5.41, 5.74) is 0.943. The summed E-state index contributed by atoms with van der Waals surface area (Å²) in [6.07, 6.45) is 1.33. The van der Waals surface area contributed by atoms with Gasteiger partial charge in [-0.3, -0.25) is 4.79 Å². The quantitative estimate of drug-likeness (QED) is 0.823. The van der Waals surface area contributed by atoms with Gasteiger partial charge < -0.3 is 15.3 Å². The number of benzene rings is 1. The molecule has 1 unspecified atom stereocenters. The molecule has 1 aliphatic heterocycles. The van der Waals surface area contributed by atoms with E-state index >= 15 is 0 Å². The molecule has 92 valence electrons. The molecule has 0 aromatic heterocycles. The molecular weight excluding hydrogens is 216 g/mol. The number of likely N-dealkylation sites (tertiary alicyclic amines) is 1. The SMILES string of the molecule is O=C(CNc1ccccc1)N1CCCC(O)C1. The van der Waals surface area contributed by atoms with Crippen LogP contribution in [-0.2, 0) is 4.79 Å². The lowest BCUT2D eigenvalue weighted by Gasteiger charge is -2.30. The fraction of sp³-hybridized carbons (Fsp3) is 0.462. The van der Waals surface area contributed by atoms with E-state index in [1.165, 1.54) is 0 Å². The molecule has 4 heteroatoms. The van der Waals surface area contributed by atoms with E-state index in [0.29, 0.717) is 6.54 Å². The van der Waals surface area contributed by atoms with Gasteiger partial charge in [-0.2, -0.15) is 0 Å². The van der Waals surface area contributed by atoms with Crippen molar-refractivity contribution in [1.82, 2.24) is 4.90 Å². The number of nitrogens with zero attached hydrogens (tertiary/aromatic N) is 1. The summed E-state index contributed by atoms with van der Waals surface area (Å²) in [6.45, 7) is 1.51. The molecule has 1 amide bonds. The molecule has 0 spiro atoms. The van der Waals surface area contributed by atoms with Crippen LogP contribution in [0.15, 0.2) is 30.3 Å². The molecule has 1 heterocycles. The van der Waals surface area contributed by atoms with Crippen LogP contribution in [-0.4, -0.2) is 41.7 Å². The third-order valence-electron chi connectivity index (χ3n) is 2.97. The van der Waals surface area contributed by atoms with Crippen molar-refractivity contribution >= 4 is 11.6 Å². The number of rotatable bonds is 3. The molecule has 0 radical (unpaired) electrons. The van der Waals surface area contributed by atoms with Gasteiger partial charge in [0.05, 0.1) is 12.6 Å². The van der Waals surface area contributed by atoms with Gasteiger partial charge in [0, 0.05) is 18.8 Å². The van der Waals surface area contributed by atoms with Crippen molar-refractivity contribution in [1.29, 1.82) is 0 Å². The largest absolute Gasteiger partial charge is 0.391 e. The normalized spacial score (nSPS) is 20.1. The first-order chi connectivity index (χ1) is 8.25. The maximum Gasteiger partial charge on any atom is 0.241 e. The van der Waals surface area contributed by atoms with Crippen LogP contribution >= 0.6 is 0 Å². The molecule has 1 aromatic rings. The molecule has 0 saturated carbocycles. The Kier molecular flexibility index (Phi) is 3.98. The van der Waals surface area contributed by atoms with Gasteiger partial charge in [0.2, 0.25) is 5.91 Å². The van der Waals surface area contributed by atoms with E-state index in [9.17, 15) is 9.90 Å². The van der Waals surface area contributed by atoms with Gasteiger partial charge in [0.15, 0.2) is 0 Å². The average molecular weight is 234 g/mol. The van der Waals surface area contributed by atoms with Crippen LogP contribution in [0.2, 0.25) is 0 Å². The second kappa shape index (κ2) is 5.68. The molecule has 1 aliphatic rings. The number of aliphatic hydroxyl groups is 1. The lowest BCUT2D eigenvalue weighted by atomic mass is 10.1. The fourth-order valence-corrected chi connectivity index (χ4v) is 2.03. The van der Waals surface area contributed by atoms with Crippen LogP contribution in [0.1, 0.15) is 12.8 Å². The lowest BCUT2D eigenvalue weighted by molar-refractivity contribution is -0.132. The molecular formula is C13H18N2O2. The van der Waals surface area contributed by atoms with Crippen molar-refractivity contribution in [2.45, 2.75) is 18.9 Å². The number of carbonyl (C=O) groups excluding carboxylic acids is 1. The number of aliphatic hydroxyl groups excluding tert-OH is 1. The Morgan fingerprint density at radius 3 is 2.88 bits per heavy atom. The predicted molar refractivity (Wildman–Crippen MR) is 66.8 cm³/mol. The second-order valence-electron chi connectivity index (χ2n) is 4.36. The molecule has 0 bridgehead atoms. The monoisotopic (exact) mass is 234 g/mol. The third kappa shape index (κ3) is 3.46. The molecule has 2 N–H and O–H groups in total. The highest BCUT2D eigenvalue weighted by molar-refractivity contribution is 5.81. The molecule has 4 nitrogen and oxygen atoms in total. The number of amides is 1. The van der Waals surface area contributed by atoms with E-state index in [1.54, 1.807) is 4.90 Å². The first-order valence-corrected chi connectivity index (χ1v) is 6.00. The minimum absolute atomic E-state index is 0.0487. The Bertz CT molecular complexity index is 367. The van der Waals surface area contributed by atoms with Crippen LogP contribution in [0.25, 0.3) is 0 Å². The van der Waals surface area contributed by atoms with Gasteiger partial charge in [-0.25, -0.2) is 0 Å². The maximum atomic E-state index is 11.9. The molecule has 0 aliphatic carbocycles. The van der Waals surface area contributed by atoms with Crippen LogP contribution < -0.4 is 5.32 Å². The number of hydrogen-bond donors (Lipinski definition) is 2. The van der Waals surface area contributed by atoms with Crippen molar-refractivity contribution in [2.24, 2.45) is 0 Å². The Morgan fingerprint density at radius 1 is 1.41 bits per heavy atom. The third-order valence-corrected chi connectivity index (χ3v) is 2.97. The van der Waals surface area contributed by atoms with Gasteiger partial charge in [0.1, 0.15) is 0 Å². The van der Waals surface area contributed by atoms with Crippen molar-refractivity contribution in [3.8, 4) is 0 Å². The summed E-state index contributed by atoms with van der Waals surface area (Å²) < 4.78 is 0. The van der Waals surface area contributed by atoms with Crippen LogP contribution in [0.4, 0.5) is 5.69 Å². The first-order valence-electron chi connectivity index (χ1n) is 6.00. The Morgan fingerprint density at radius 2 is 2.18 bits per heavy atom. The van der Waals surface area contributed by atoms with Gasteiger partial charge in [0.25, 0.3) is 0 Å². The van der Waals surface area contributed by atoms with Gasteiger partial charge >= 0.3 is 0 Å². The predicted octanol–water partition coefficient (Wildman–Crippen LogP) is 1.08. The zero-order valence-electron chi connectivity index (χ0n) is 9.80. The molecule has 17 heavy (non-hydrogen) atoms. The van der Waals surface area contributed by atoms with Gasteiger partial charge in [-0.05, 0) is 25.0 Å². The number of hydrogen-bond acceptors (Lipinski definition) is 3. The van der Waals surface area contributed by atoms with E-state index in [1.807, 2.05) is 30.3 Å². The molecule has 1 saturated heterocycles.